The molecular formula is C14H21N5O3S3. The summed E-state index contributed by atoms with van der Waals surface area (Å²) in [5.74, 6) is 0.249. The summed E-state index contributed by atoms with van der Waals surface area (Å²) in [4.78, 5) is 14.0. The first-order valence-corrected chi connectivity index (χ1v) is 11.2. The number of carbonyl (C=O) groups is 1. The fourth-order valence-corrected chi connectivity index (χ4v) is 4.36. The summed E-state index contributed by atoms with van der Waals surface area (Å²) in [6.07, 6.45) is 1.68. The van der Waals surface area contributed by atoms with Gasteiger partial charge in [0.25, 0.3) is 0 Å². The molecule has 2 rings (SSSR count). The molecule has 0 saturated heterocycles. The highest BCUT2D eigenvalue weighted by molar-refractivity contribution is 7.99. The van der Waals surface area contributed by atoms with E-state index in [4.69, 9.17) is 0 Å². The van der Waals surface area contributed by atoms with E-state index < -0.39 is 10.0 Å². The van der Waals surface area contributed by atoms with E-state index in [-0.39, 0.29) is 17.1 Å². The third-order valence-electron chi connectivity index (χ3n) is 3.08. The van der Waals surface area contributed by atoms with Crippen LogP contribution >= 0.6 is 23.1 Å². The summed E-state index contributed by atoms with van der Waals surface area (Å²) in [7, 11) is -3.19. The molecule has 8 nitrogen and oxygen atoms in total. The number of tetrazole rings is 1. The summed E-state index contributed by atoms with van der Waals surface area (Å²) in [6.45, 7) is 6.30. The minimum atomic E-state index is -3.19. The molecular weight excluding hydrogens is 382 g/mol. The number of aromatic nitrogens is 4. The van der Waals surface area contributed by atoms with E-state index in [0.717, 1.165) is 11.1 Å². The molecule has 2 aromatic heterocycles. The minimum absolute atomic E-state index is 0.000724. The van der Waals surface area contributed by atoms with E-state index >= 15 is 0 Å². The van der Waals surface area contributed by atoms with Gasteiger partial charge in [-0.15, -0.1) is 16.4 Å². The van der Waals surface area contributed by atoms with Crippen molar-refractivity contribution in [3.05, 3.63) is 21.9 Å². The zero-order valence-electron chi connectivity index (χ0n) is 14.5. The Morgan fingerprint density at radius 2 is 2.08 bits per heavy atom. The predicted molar refractivity (Wildman–Crippen MR) is 98.7 cm³/mol. The van der Waals surface area contributed by atoms with E-state index in [1.807, 2.05) is 26.8 Å². The van der Waals surface area contributed by atoms with Gasteiger partial charge in [0.15, 0.2) is 5.78 Å². The molecule has 0 radical (unpaired) electrons. The van der Waals surface area contributed by atoms with E-state index in [9.17, 15) is 13.2 Å². The Kier molecular flexibility index (Phi) is 6.35. The summed E-state index contributed by atoms with van der Waals surface area (Å²) >= 11 is 2.69. The van der Waals surface area contributed by atoms with Crippen LogP contribution in [0.4, 0.5) is 0 Å². The van der Waals surface area contributed by atoms with Gasteiger partial charge in [-0.25, -0.2) is 17.8 Å². The van der Waals surface area contributed by atoms with Crippen molar-refractivity contribution in [3.63, 3.8) is 0 Å². The van der Waals surface area contributed by atoms with Crippen LogP contribution in [0, 0.1) is 0 Å². The summed E-state index contributed by atoms with van der Waals surface area (Å²) < 4.78 is 26.2. The molecule has 0 aliphatic heterocycles. The maximum absolute atomic E-state index is 12.3. The summed E-state index contributed by atoms with van der Waals surface area (Å²) in [5.41, 5.74) is -0.252. The normalized spacial score (nSPS) is 12.5. The van der Waals surface area contributed by atoms with Crippen LogP contribution in [-0.2, 0) is 22.0 Å². The van der Waals surface area contributed by atoms with Gasteiger partial charge in [0.05, 0.1) is 22.4 Å². The van der Waals surface area contributed by atoms with Gasteiger partial charge in [0.1, 0.15) is 0 Å². The second-order valence-electron chi connectivity index (χ2n) is 6.44. The standard InChI is InChI=1S/C14H21N5O3S3/c1-14(2,3)19-13(16-17-18-19)23-9-11(20)12-6-5-10(24-12)7-8-15-25(4,21)22/h5-6,15H,7-9H2,1-4H3. The quantitative estimate of drug-likeness (QED) is 0.526. The molecule has 0 bridgehead atoms. The highest BCUT2D eigenvalue weighted by atomic mass is 32.2. The molecule has 0 amide bonds. The third-order valence-corrected chi connectivity index (χ3v) is 5.91. The van der Waals surface area contributed by atoms with Crippen LogP contribution in [0.15, 0.2) is 17.3 Å². The van der Waals surface area contributed by atoms with Gasteiger partial charge < -0.3 is 0 Å². The molecule has 25 heavy (non-hydrogen) atoms. The maximum Gasteiger partial charge on any atom is 0.210 e. The fourth-order valence-electron chi connectivity index (χ4n) is 1.91. The van der Waals surface area contributed by atoms with E-state index in [1.54, 1.807) is 10.7 Å². The average molecular weight is 404 g/mol. The van der Waals surface area contributed by atoms with Crippen LogP contribution in [-0.4, -0.2) is 53.0 Å². The Balaban J connectivity index is 1.91. The third kappa shape index (κ3) is 6.17. The van der Waals surface area contributed by atoms with Crippen LogP contribution in [0.5, 0.6) is 0 Å². The minimum Gasteiger partial charge on any atom is -0.292 e. The highest BCUT2D eigenvalue weighted by Crippen LogP contribution is 2.24. The van der Waals surface area contributed by atoms with Crippen LogP contribution < -0.4 is 4.72 Å². The van der Waals surface area contributed by atoms with Crippen molar-refractivity contribution >= 4 is 38.9 Å². The number of ketones is 1. The van der Waals surface area contributed by atoms with Gasteiger partial charge in [-0.2, -0.15) is 0 Å². The number of carbonyl (C=O) groups excluding carboxylic acids is 1. The average Bonchev–Trinajstić information content (AvgIpc) is 3.11. The van der Waals surface area contributed by atoms with Gasteiger partial charge in [-0.1, -0.05) is 11.8 Å². The molecule has 2 aromatic rings. The molecule has 1 N–H and O–H groups in total. The van der Waals surface area contributed by atoms with E-state index in [1.165, 1.54) is 23.1 Å². The van der Waals surface area contributed by atoms with Crippen LogP contribution in [0.25, 0.3) is 0 Å². The Hall–Kier alpha value is -1.30. The van der Waals surface area contributed by atoms with Crippen LogP contribution in [0.1, 0.15) is 35.3 Å². The topological polar surface area (TPSA) is 107 Å². The lowest BCUT2D eigenvalue weighted by molar-refractivity contribution is 0.102. The number of hydrogen-bond donors (Lipinski definition) is 1. The molecule has 0 atom stereocenters. The van der Waals surface area contributed by atoms with Crippen molar-refractivity contribution in [1.29, 1.82) is 0 Å². The molecule has 2 heterocycles. The van der Waals surface area contributed by atoms with Crippen molar-refractivity contribution in [3.8, 4) is 0 Å². The van der Waals surface area contributed by atoms with E-state index in [0.29, 0.717) is 23.0 Å². The molecule has 0 aromatic carbocycles. The van der Waals surface area contributed by atoms with Gasteiger partial charge in [0.2, 0.25) is 15.2 Å². The van der Waals surface area contributed by atoms with Crippen LogP contribution in [0.3, 0.4) is 0 Å². The molecule has 0 unspecified atom stereocenters. The lowest BCUT2D eigenvalue weighted by Gasteiger charge is -2.19. The first kappa shape index (κ1) is 20.0. The Morgan fingerprint density at radius 1 is 1.36 bits per heavy atom. The van der Waals surface area contributed by atoms with Crippen molar-refractivity contribution in [2.75, 3.05) is 18.6 Å². The zero-order chi connectivity index (χ0) is 18.7. The predicted octanol–water partition coefficient (Wildman–Crippen LogP) is 1.56. The van der Waals surface area contributed by atoms with Gasteiger partial charge in [-0.3, -0.25) is 4.79 Å². The molecule has 0 spiro atoms. The lowest BCUT2D eigenvalue weighted by Crippen LogP contribution is -2.24. The number of nitrogens with zero attached hydrogens (tertiary/aromatic N) is 4. The van der Waals surface area contributed by atoms with Crippen molar-refractivity contribution in [2.45, 2.75) is 37.9 Å². The monoisotopic (exact) mass is 403 g/mol. The Morgan fingerprint density at radius 3 is 2.72 bits per heavy atom. The highest BCUT2D eigenvalue weighted by Gasteiger charge is 2.21. The van der Waals surface area contributed by atoms with E-state index in [2.05, 4.69) is 20.2 Å². The number of thiophene rings is 1. The Labute approximate surface area is 155 Å². The number of nitrogens with one attached hydrogen (secondary N) is 1. The molecule has 0 aliphatic rings. The van der Waals surface area contributed by atoms with Crippen molar-refractivity contribution in [1.82, 2.24) is 24.9 Å². The Bertz CT molecular complexity index is 836. The molecule has 0 saturated carbocycles. The van der Waals surface area contributed by atoms with Gasteiger partial charge >= 0.3 is 0 Å². The number of hydrogen-bond acceptors (Lipinski definition) is 8. The van der Waals surface area contributed by atoms with Crippen molar-refractivity contribution < 1.29 is 13.2 Å². The number of rotatable bonds is 8. The number of Topliss-reactive ketones (excluding diaryl/α,β-unsaturated/α-hetero) is 1. The van der Waals surface area contributed by atoms with Crippen molar-refractivity contribution in [2.24, 2.45) is 0 Å². The first-order chi connectivity index (χ1) is 11.6. The molecule has 11 heteroatoms. The van der Waals surface area contributed by atoms with Gasteiger partial charge in [0, 0.05) is 11.4 Å². The summed E-state index contributed by atoms with van der Waals surface area (Å²) in [5, 5.41) is 12.2. The number of sulfonamides is 1. The second-order valence-corrected chi connectivity index (χ2v) is 10.4. The smallest absolute Gasteiger partial charge is 0.210 e. The molecule has 138 valence electrons. The zero-order valence-corrected chi connectivity index (χ0v) is 17.0. The first-order valence-electron chi connectivity index (χ1n) is 7.54. The summed E-state index contributed by atoms with van der Waals surface area (Å²) in [6, 6.07) is 3.63. The fraction of sp³-hybridized carbons (Fsp3) is 0.571. The molecule has 0 fully saturated rings. The SMILES string of the molecule is CC(C)(C)n1nnnc1SCC(=O)c1ccc(CCNS(C)(=O)=O)s1. The molecule has 0 aliphatic carbocycles. The second kappa shape index (κ2) is 7.94. The largest absolute Gasteiger partial charge is 0.292 e. The van der Waals surface area contributed by atoms with Gasteiger partial charge in [-0.05, 0) is 49.8 Å². The lowest BCUT2D eigenvalue weighted by atomic mass is 10.1. The van der Waals surface area contributed by atoms with Crippen LogP contribution in [0.2, 0.25) is 0 Å². The maximum atomic E-state index is 12.3. The number of thioether (sulfide) groups is 1.